The maximum atomic E-state index is 12.0. The summed E-state index contributed by atoms with van der Waals surface area (Å²) < 4.78 is 0. The quantitative estimate of drug-likeness (QED) is 0.775. The summed E-state index contributed by atoms with van der Waals surface area (Å²) in [7, 11) is 0. The summed E-state index contributed by atoms with van der Waals surface area (Å²) in [5.41, 5.74) is 1.74. The summed E-state index contributed by atoms with van der Waals surface area (Å²) in [6, 6.07) is 7.77. The van der Waals surface area contributed by atoms with E-state index in [0.29, 0.717) is 0 Å². The van der Waals surface area contributed by atoms with Crippen LogP contribution in [0.15, 0.2) is 30.5 Å². The molecule has 0 bridgehead atoms. The van der Waals surface area contributed by atoms with Gasteiger partial charge in [-0.2, -0.15) is 0 Å². The first kappa shape index (κ1) is 12.6. The lowest BCUT2D eigenvalue weighted by atomic mass is 9.96. The lowest BCUT2D eigenvalue weighted by molar-refractivity contribution is -0.122. The Morgan fingerprint density at radius 3 is 2.78 bits per heavy atom. The highest BCUT2D eigenvalue weighted by molar-refractivity contribution is 6.02. The Hall–Kier alpha value is -1.81. The van der Waals surface area contributed by atoms with Gasteiger partial charge in [-0.15, -0.1) is 0 Å². The number of aliphatic hydroxyl groups excluding tert-OH is 1. The maximum Gasteiger partial charge on any atom is 0.230 e. The monoisotopic (exact) mass is 246 g/mol. The number of aliphatic hydroxyl groups is 1. The number of hydrogen-bond acceptors (Lipinski definition) is 2. The molecule has 96 valence electrons. The molecule has 0 aliphatic heterocycles. The van der Waals surface area contributed by atoms with E-state index in [9.17, 15) is 9.90 Å². The number of aromatic amines is 1. The molecule has 0 aliphatic carbocycles. The largest absolute Gasteiger partial charge is 0.396 e. The molecule has 1 atom stereocenters. The second-order valence-electron chi connectivity index (χ2n) is 4.77. The number of anilines is 1. The summed E-state index contributed by atoms with van der Waals surface area (Å²) in [4.78, 5) is 15.1. The molecule has 0 saturated carbocycles. The zero-order valence-electron chi connectivity index (χ0n) is 10.6. The molecule has 3 N–H and O–H groups in total. The first-order valence-electron chi connectivity index (χ1n) is 6.11. The van der Waals surface area contributed by atoms with Crippen molar-refractivity contribution >= 4 is 22.5 Å². The van der Waals surface area contributed by atoms with E-state index >= 15 is 0 Å². The minimum Gasteiger partial charge on any atom is -0.396 e. The van der Waals surface area contributed by atoms with Crippen molar-refractivity contribution in [3.63, 3.8) is 0 Å². The zero-order chi connectivity index (χ0) is 13.1. The molecule has 1 amide bonds. The van der Waals surface area contributed by atoms with Crippen molar-refractivity contribution in [2.24, 2.45) is 11.8 Å². The van der Waals surface area contributed by atoms with E-state index in [1.165, 1.54) is 0 Å². The number of rotatable bonds is 4. The van der Waals surface area contributed by atoms with E-state index in [1.54, 1.807) is 6.20 Å². The van der Waals surface area contributed by atoms with Crippen molar-refractivity contribution in [3.8, 4) is 0 Å². The van der Waals surface area contributed by atoms with Crippen LogP contribution in [0.4, 0.5) is 5.69 Å². The Morgan fingerprint density at radius 2 is 2.11 bits per heavy atom. The smallest absolute Gasteiger partial charge is 0.230 e. The molecule has 1 aromatic heterocycles. The van der Waals surface area contributed by atoms with Crippen LogP contribution in [0.25, 0.3) is 10.9 Å². The first-order chi connectivity index (χ1) is 8.63. The van der Waals surface area contributed by atoms with E-state index in [1.807, 2.05) is 38.1 Å². The molecule has 0 radical (unpaired) electrons. The van der Waals surface area contributed by atoms with Gasteiger partial charge in [0, 0.05) is 17.1 Å². The zero-order valence-corrected chi connectivity index (χ0v) is 10.6. The third kappa shape index (κ3) is 2.38. The first-order valence-corrected chi connectivity index (χ1v) is 6.11. The number of aromatic nitrogens is 1. The highest BCUT2D eigenvalue weighted by Gasteiger charge is 2.21. The Morgan fingerprint density at radius 1 is 1.39 bits per heavy atom. The number of amides is 1. The number of hydrogen-bond donors (Lipinski definition) is 3. The molecule has 2 aromatic rings. The van der Waals surface area contributed by atoms with Gasteiger partial charge in [0.05, 0.1) is 18.2 Å². The van der Waals surface area contributed by atoms with Crippen LogP contribution >= 0.6 is 0 Å². The molecule has 1 aromatic carbocycles. The van der Waals surface area contributed by atoms with Crippen molar-refractivity contribution in [1.29, 1.82) is 0 Å². The number of carbonyl (C=O) groups is 1. The second kappa shape index (κ2) is 5.23. The number of H-pyrrole nitrogens is 1. The van der Waals surface area contributed by atoms with Gasteiger partial charge in [0.15, 0.2) is 0 Å². The molecular weight excluding hydrogens is 228 g/mol. The SMILES string of the molecule is CC(C)C(CO)C(=O)Nc1c[nH]c2ccccc12. The molecule has 18 heavy (non-hydrogen) atoms. The van der Waals surface area contributed by atoms with E-state index in [-0.39, 0.29) is 24.3 Å². The highest BCUT2D eigenvalue weighted by Crippen LogP contribution is 2.23. The second-order valence-corrected chi connectivity index (χ2v) is 4.77. The Kier molecular flexibility index (Phi) is 3.67. The number of fused-ring (bicyclic) bond motifs is 1. The molecule has 1 unspecified atom stereocenters. The van der Waals surface area contributed by atoms with Gasteiger partial charge in [0.2, 0.25) is 5.91 Å². The molecule has 2 rings (SSSR count). The van der Waals surface area contributed by atoms with Crippen molar-refractivity contribution < 1.29 is 9.90 Å². The molecule has 0 saturated heterocycles. The third-order valence-electron chi connectivity index (χ3n) is 3.19. The highest BCUT2D eigenvalue weighted by atomic mass is 16.3. The molecule has 4 nitrogen and oxygen atoms in total. The number of nitrogens with one attached hydrogen (secondary N) is 2. The molecule has 4 heteroatoms. The fourth-order valence-electron chi connectivity index (χ4n) is 2.00. The van der Waals surface area contributed by atoms with Crippen molar-refractivity contribution in [3.05, 3.63) is 30.5 Å². The van der Waals surface area contributed by atoms with Crippen LogP contribution in [-0.4, -0.2) is 22.6 Å². The summed E-state index contributed by atoms with van der Waals surface area (Å²) in [5, 5.41) is 13.1. The molecular formula is C14H18N2O2. The summed E-state index contributed by atoms with van der Waals surface area (Å²) in [6.07, 6.45) is 1.78. The summed E-state index contributed by atoms with van der Waals surface area (Å²) in [5.74, 6) is -0.406. The van der Waals surface area contributed by atoms with Crippen LogP contribution in [0.2, 0.25) is 0 Å². The molecule has 0 aliphatic rings. The van der Waals surface area contributed by atoms with E-state index in [0.717, 1.165) is 16.6 Å². The van der Waals surface area contributed by atoms with Gasteiger partial charge in [-0.25, -0.2) is 0 Å². The lowest BCUT2D eigenvalue weighted by Crippen LogP contribution is -2.29. The van der Waals surface area contributed by atoms with Crippen LogP contribution in [-0.2, 0) is 4.79 Å². The van der Waals surface area contributed by atoms with Gasteiger partial charge in [0.25, 0.3) is 0 Å². The van der Waals surface area contributed by atoms with E-state index in [4.69, 9.17) is 0 Å². The van der Waals surface area contributed by atoms with Crippen LogP contribution in [0.3, 0.4) is 0 Å². The number of para-hydroxylation sites is 1. The summed E-state index contributed by atoms with van der Waals surface area (Å²) >= 11 is 0. The van der Waals surface area contributed by atoms with Crippen LogP contribution in [0.5, 0.6) is 0 Å². The normalized spacial score (nSPS) is 12.9. The number of carbonyl (C=O) groups excluding carboxylic acids is 1. The average molecular weight is 246 g/mol. The van der Waals surface area contributed by atoms with Gasteiger partial charge >= 0.3 is 0 Å². The Bertz CT molecular complexity index is 545. The van der Waals surface area contributed by atoms with Crippen LogP contribution in [0.1, 0.15) is 13.8 Å². The summed E-state index contributed by atoms with van der Waals surface area (Å²) in [6.45, 7) is 3.72. The van der Waals surface area contributed by atoms with Crippen molar-refractivity contribution in [2.75, 3.05) is 11.9 Å². The Balaban J connectivity index is 2.21. The van der Waals surface area contributed by atoms with Crippen LogP contribution in [0, 0.1) is 11.8 Å². The fourth-order valence-corrected chi connectivity index (χ4v) is 2.00. The van der Waals surface area contributed by atoms with Gasteiger partial charge < -0.3 is 15.4 Å². The predicted molar refractivity (Wildman–Crippen MR) is 72.3 cm³/mol. The molecule has 1 heterocycles. The van der Waals surface area contributed by atoms with Gasteiger partial charge in [-0.3, -0.25) is 4.79 Å². The Labute approximate surface area is 106 Å². The van der Waals surface area contributed by atoms with E-state index < -0.39 is 0 Å². The van der Waals surface area contributed by atoms with Gasteiger partial charge in [-0.1, -0.05) is 32.0 Å². The molecule has 0 fully saturated rings. The van der Waals surface area contributed by atoms with E-state index in [2.05, 4.69) is 10.3 Å². The van der Waals surface area contributed by atoms with Gasteiger partial charge in [-0.05, 0) is 12.0 Å². The lowest BCUT2D eigenvalue weighted by Gasteiger charge is -2.17. The topological polar surface area (TPSA) is 65.1 Å². The van der Waals surface area contributed by atoms with Crippen molar-refractivity contribution in [1.82, 2.24) is 4.98 Å². The standard InChI is InChI=1S/C14H18N2O2/c1-9(2)11(8-17)14(18)16-13-7-15-12-6-4-3-5-10(12)13/h3-7,9,11,15,17H,8H2,1-2H3,(H,16,18). The van der Waals surface area contributed by atoms with Crippen LogP contribution < -0.4 is 5.32 Å². The van der Waals surface area contributed by atoms with Crippen molar-refractivity contribution in [2.45, 2.75) is 13.8 Å². The third-order valence-corrected chi connectivity index (χ3v) is 3.19. The molecule has 0 spiro atoms. The number of benzene rings is 1. The average Bonchev–Trinajstić information content (AvgIpc) is 2.73. The predicted octanol–water partition coefficient (Wildman–Crippen LogP) is 2.37. The maximum absolute atomic E-state index is 12.0. The fraction of sp³-hybridized carbons (Fsp3) is 0.357. The minimum absolute atomic E-state index is 0.111. The van der Waals surface area contributed by atoms with Gasteiger partial charge in [0.1, 0.15) is 0 Å². The minimum atomic E-state index is -0.376.